The molecule has 1 N–H and O–H groups in total. The van der Waals surface area contributed by atoms with Gasteiger partial charge in [0, 0.05) is 35.4 Å². The molecule has 5 heteroatoms. The van der Waals surface area contributed by atoms with Gasteiger partial charge in [-0.3, -0.25) is 4.79 Å². The monoisotopic (exact) mass is 338 g/mol. The topological polar surface area (TPSA) is 64.3 Å². The van der Waals surface area contributed by atoms with Gasteiger partial charge in [-0.05, 0) is 30.7 Å². The Morgan fingerprint density at radius 3 is 2.62 bits per heavy atom. The SMILES string of the molecule is N#Cc1ccccc1Sc1ccccc1C(=O)N1CCC(CO)C1. The predicted molar refractivity (Wildman–Crippen MR) is 92.8 cm³/mol. The molecule has 0 aliphatic carbocycles. The summed E-state index contributed by atoms with van der Waals surface area (Å²) in [6, 6.07) is 17.1. The van der Waals surface area contributed by atoms with Crippen LogP contribution in [0.5, 0.6) is 0 Å². The third kappa shape index (κ3) is 3.45. The Morgan fingerprint density at radius 1 is 1.21 bits per heavy atom. The van der Waals surface area contributed by atoms with Crippen molar-refractivity contribution < 1.29 is 9.90 Å². The zero-order chi connectivity index (χ0) is 16.9. The summed E-state index contributed by atoms with van der Waals surface area (Å²) in [7, 11) is 0. The quantitative estimate of drug-likeness (QED) is 0.930. The van der Waals surface area contributed by atoms with E-state index >= 15 is 0 Å². The second-order valence-corrected chi connectivity index (χ2v) is 6.88. The molecular formula is C19H18N2O2S. The van der Waals surface area contributed by atoms with Gasteiger partial charge in [-0.25, -0.2) is 0 Å². The number of benzene rings is 2. The third-order valence-corrected chi connectivity index (χ3v) is 5.33. The minimum absolute atomic E-state index is 0.0107. The van der Waals surface area contributed by atoms with E-state index in [9.17, 15) is 15.2 Å². The summed E-state index contributed by atoms with van der Waals surface area (Å²) in [5, 5.41) is 18.5. The molecule has 2 aromatic rings. The second kappa shape index (κ2) is 7.52. The number of nitrogens with zero attached hydrogens (tertiary/aromatic N) is 2. The lowest BCUT2D eigenvalue weighted by Crippen LogP contribution is -2.29. The average molecular weight is 338 g/mol. The first kappa shape index (κ1) is 16.6. The summed E-state index contributed by atoms with van der Waals surface area (Å²) in [5.74, 6) is 0.163. The fourth-order valence-electron chi connectivity index (χ4n) is 2.84. The summed E-state index contributed by atoms with van der Waals surface area (Å²) >= 11 is 1.44. The van der Waals surface area contributed by atoms with Crippen LogP contribution >= 0.6 is 11.8 Å². The van der Waals surface area contributed by atoms with Crippen molar-refractivity contribution in [2.45, 2.75) is 16.2 Å². The van der Waals surface area contributed by atoms with Crippen LogP contribution in [-0.2, 0) is 0 Å². The highest BCUT2D eigenvalue weighted by molar-refractivity contribution is 7.99. The molecular weight excluding hydrogens is 320 g/mol. The number of carbonyl (C=O) groups is 1. The van der Waals surface area contributed by atoms with Gasteiger partial charge in [0.15, 0.2) is 0 Å². The lowest BCUT2D eigenvalue weighted by atomic mass is 10.1. The smallest absolute Gasteiger partial charge is 0.255 e. The van der Waals surface area contributed by atoms with Gasteiger partial charge >= 0.3 is 0 Å². The molecule has 0 aromatic heterocycles. The molecule has 4 nitrogen and oxygen atoms in total. The highest BCUT2D eigenvalue weighted by Gasteiger charge is 2.27. The van der Waals surface area contributed by atoms with Gasteiger partial charge < -0.3 is 10.0 Å². The van der Waals surface area contributed by atoms with E-state index in [1.165, 1.54) is 11.8 Å². The van der Waals surface area contributed by atoms with Crippen LogP contribution < -0.4 is 0 Å². The largest absolute Gasteiger partial charge is 0.396 e. The highest BCUT2D eigenvalue weighted by atomic mass is 32.2. The van der Waals surface area contributed by atoms with Crippen molar-refractivity contribution in [3.63, 3.8) is 0 Å². The molecule has 1 heterocycles. The lowest BCUT2D eigenvalue weighted by Gasteiger charge is -2.18. The number of hydrogen-bond donors (Lipinski definition) is 1. The molecule has 1 aliphatic rings. The fraction of sp³-hybridized carbons (Fsp3) is 0.263. The molecule has 1 atom stereocenters. The first-order valence-electron chi connectivity index (χ1n) is 7.89. The molecule has 1 saturated heterocycles. The lowest BCUT2D eigenvalue weighted by molar-refractivity contribution is 0.0778. The second-order valence-electron chi connectivity index (χ2n) is 5.79. The summed E-state index contributed by atoms with van der Waals surface area (Å²) in [6.45, 7) is 1.40. The Bertz CT molecular complexity index is 785. The predicted octanol–water partition coefficient (Wildman–Crippen LogP) is 3.16. The van der Waals surface area contributed by atoms with Crippen LogP contribution in [0.1, 0.15) is 22.3 Å². The van der Waals surface area contributed by atoms with E-state index in [0.717, 1.165) is 16.2 Å². The van der Waals surface area contributed by atoms with Crippen LogP contribution in [0.25, 0.3) is 0 Å². The summed E-state index contributed by atoms with van der Waals surface area (Å²) in [5.41, 5.74) is 1.25. The minimum Gasteiger partial charge on any atom is -0.396 e. The molecule has 1 unspecified atom stereocenters. The summed E-state index contributed by atoms with van der Waals surface area (Å²) in [6.07, 6.45) is 0.842. The normalized spacial score (nSPS) is 16.8. The van der Waals surface area contributed by atoms with Crippen molar-refractivity contribution >= 4 is 17.7 Å². The fourth-order valence-corrected chi connectivity index (χ4v) is 3.85. The number of aliphatic hydroxyl groups is 1. The van der Waals surface area contributed by atoms with Gasteiger partial charge in [0.05, 0.1) is 11.1 Å². The van der Waals surface area contributed by atoms with Crippen molar-refractivity contribution in [3.8, 4) is 6.07 Å². The number of aliphatic hydroxyl groups excluding tert-OH is 1. The van der Waals surface area contributed by atoms with Gasteiger partial charge in [0.2, 0.25) is 0 Å². The van der Waals surface area contributed by atoms with E-state index < -0.39 is 0 Å². The zero-order valence-corrected chi connectivity index (χ0v) is 14.0. The summed E-state index contributed by atoms with van der Waals surface area (Å²) < 4.78 is 0. The van der Waals surface area contributed by atoms with Crippen LogP contribution in [0.4, 0.5) is 0 Å². The molecule has 0 spiro atoms. The van der Waals surface area contributed by atoms with Gasteiger partial charge in [-0.2, -0.15) is 5.26 Å². The maximum absolute atomic E-state index is 12.8. The first-order chi connectivity index (χ1) is 11.7. The molecule has 2 aromatic carbocycles. The van der Waals surface area contributed by atoms with Crippen LogP contribution in [0, 0.1) is 17.2 Å². The maximum atomic E-state index is 12.8. The molecule has 1 aliphatic heterocycles. The van der Waals surface area contributed by atoms with Crippen molar-refractivity contribution in [2.75, 3.05) is 19.7 Å². The Kier molecular flexibility index (Phi) is 5.19. The van der Waals surface area contributed by atoms with Crippen LogP contribution in [-0.4, -0.2) is 35.6 Å². The Hall–Kier alpha value is -2.29. The van der Waals surface area contributed by atoms with Crippen molar-refractivity contribution in [1.82, 2.24) is 4.90 Å². The molecule has 0 saturated carbocycles. The van der Waals surface area contributed by atoms with Crippen molar-refractivity contribution in [1.29, 1.82) is 5.26 Å². The summed E-state index contributed by atoms with van der Waals surface area (Å²) in [4.78, 5) is 16.3. The number of rotatable bonds is 4. The number of amides is 1. The van der Waals surface area contributed by atoms with Gasteiger partial charge in [0.1, 0.15) is 6.07 Å². The van der Waals surface area contributed by atoms with Crippen LogP contribution in [0.2, 0.25) is 0 Å². The maximum Gasteiger partial charge on any atom is 0.255 e. The van der Waals surface area contributed by atoms with Crippen molar-refractivity contribution in [3.05, 3.63) is 59.7 Å². The highest BCUT2D eigenvalue weighted by Crippen LogP contribution is 2.33. The average Bonchev–Trinajstić information content (AvgIpc) is 3.11. The van der Waals surface area contributed by atoms with Crippen LogP contribution in [0.3, 0.4) is 0 Å². The van der Waals surface area contributed by atoms with Crippen molar-refractivity contribution in [2.24, 2.45) is 5.92 Å². The molecule has 1 fully saturated rings. The molecule has 122 valence electrons. The van der Waals surface area contributed by atoms with E-state index in [4.69, 9.17) is 0 Å². The standard InChI is InChI=1S/C19H18N2O2S/c20-11-15-5-1-3-7-17(15)24-18-8-4-2-6-16(18)19(23)21-10-9-14(12-21)13-22/h1-8,14,22H,9-10,12-13H2. The molecule has 24 heavy (non-hydrogen) atoms. The zero-order valence-electron chi connectivity index (χ0n) is 13.2. The van der Waals surface area contributed by atoms with E-state index in [1.54, 1.807) is 11.0 Å². The molecule has 3 rings (SSSR count). The minimum atomic E-state index is -0.0107. The first-order valence-corrected chi connectivity index (χ1v) is 8.70. The number of likely N-dealkylation sites (tertiary alicyclic amines) is 1. The third-order valence-electron chi connectivity index (χ3n) is 4.18. The van der Waals surface area contributed by atoms with Gasteiger partial charge in [0.25, 0.3) is 5.91 Å². The molecule has 0 bridgehead atoms. The van der Waals surface area contributed by atoms with Crippen LogP contribution in [0.15, 0.2) is 58.3 Å². The van der Waals surface area contributed by atoms with E-state index in [-0.39, 0.29) is 18.4 Å². The van der Waals surface area contributed by atoms with Gasteiger partial charge in [-0.1, -0.05) is 36.0 Å². The Labute approximate surface area is 145 Å². The number of hydrogen-bond acceptors (Lipinski definition) is 4. The van der Waals surface area contributed by atoms with Gasteiger partial charge in [-0.15, -0.1) is 0 Å². The Balaban J connectivity index is 1.86. The molecule has 0 radical (unpaired) electrons. The van der Waals surface area contributed by atoms with E-state index in [0.29, 0.717) is 24.2 Å². The van der Waals surface area contributed by atoms with E-state index in [2.05, 4.69) is 6.07 Å². The molecule has 1 amide bonds. The number of carbonyl (C=O) groups excluding carboxylic acids is 1. The number of nitriles is 1. The van der Waals surface area contributed by atoms with E-state index in [1.807, 2.05) is 42.5 Å². The Morgan fingerprint density at radius 2 is 1.92 bits per heavy atom.